The maximum atomic E-state index is 12.4. The molecule has 1 saturated carbocycles. The monoisotopic (exact) mass is 371 g/mol. The van der Waals surface area contributed by atoms with Gasteiger partial charge >= 0.3 is 5.97 Å². The summed E-state index contributed by atoms with van der Waals surface area (Å²) in [7, 11) is 0. The van der Waals surface area contributed by atoms with Crippen LogP contribution in [0.1, 0.15) is 45.1 Å². The number of aliphatic carboxylic acids is 1. The predicted molar refractivity (Wildman–Crippen MR) is 95.5 cm³/mol. The van der Waals surface area contributed by atoms with Crippen LogP contribution in [0.15, 0.2) is 18.2 Å². The normalized spacial score (nSPS) is 24.0. The fourth-order valence-electron chi connectivity index (χ4n) is 3.34. The van der Waals surface area contributed by atoms with E-state index in [1.165, 1.54) is 0 Å². The van der Waals surface area contributed by atoms with Crippen LogP contribution in [0.25, 0.3) is 0 Å². The number of amides is 1. The molecule has 6 heteroatoms. The summed E-state index contributed by atoms with van der Waals surface area (Å²) in [6, 6.07) is 4.93. The van der Waals surface area contributed by atoms with Crippen molar-refractivity contribution < 1.29 is 14.7 Å². The van der Waals surface area contributed by atoms with Crippen LogP contribution in [-0.2, 0) is 16.0 Å². The smallest absolute Gasteiger partial charge is 0.329 e. The minimum atomic E-state index is -1.17. The zero-order valence-electron chi connectivity index (χ0n) is 13.9. The van der Waals surface area contributed by atoms with Crippen LogP contribution in [-0.4, -0.2) is 22.5 Å². The molecule has 24 heavy (non-hydrogen) atoms. The number of carbonyl (C=O) groups excluding carboxylic acids is 1. The van der Waals surface area contributed by atoms with Gasteiger partial charge in [0.15, 0.2) is 0 Å². The van der Waals surface area contributed by atoms with Crippen molar-refractivity contribution in [2.24, 2.45) is 11.8 Å². The first-order valence-corrected chi connectivity index (χ1v) is 8.97. The molecule has 1 aliphatic rings. The summed E-state index contributed by atoms with van der Waals surface area (Å²) in [6.07, 6.45) is 2.59. The molecule has 1 aromatic carbocycles. The van der Waals surface area contributed by atoms with E-state index in [1.807, 2.05) is 0 Å². The Morgan fingerprint density at radius 2 is 1.92 bits per heavy atom. The van der Waals surface area contributed by atoms with Gasteiger partial charge in [0, 0.05) is 10.0 Å². The number of carboxylic acid groups (broad SMARTS) is 1. The van der Waals surface area contributed by atoms with E-state index in [4.69, 9.17) is 23.2 Å². The summed E-state index contributed by atoms with van der Waals surface area (Å²) in [5.74, 6) is -0.245. The van der Waals surface area contributed by atoms with E-state index in [-0.39, 0.29) is 12.3 Å². The first-order valence-electron chi connectivity index (χ1n) is 8.22. The summed E-state index contributed by atoms with van der Waals surface area (Å²) in [4.78, 5) is 24.2. The topological polar surface area (TPSA) is 66.4 Å². The molecule has 2 N–H and O–H groups in total. The van der Waals surface area contributed by atoms with Gasteiger partial charge in [0.1, 0.15) is 5.54 Å². The van der Waals surface area contributed by atoms with E-state index < -0.39 is 11.5 Å². The van der Waals surface area contributed by atoms with E-state index in [1.54, 1.807) is 18.2 Å². The Balaban J connectivity index is 2.05. The van der Waals surface area contributed by atoms with Crippen molar-refractivity contribution in [1.29, 1.82) is 0 Å². The molecule has 2 rings (SSSR count). The molecule has 0 saturated heterocycles. The Morgan fingerprint density at radius 3 is 2.42 bits per heavy atom. The highest BCUT2D eigenvalue weighted by atomic mass is 35.5. The molecule has 0 aromatic heterocycles. The number of hydrogen-bond donors (Lipinski definition) is 2. The van der Waals surface area contributed by atoms with Gasteiger partial charge in [-0.3, -0.25) is 4.79 Å². The van der Waals surface area contributed by atoms with Gasteiger partial charge < -0.3 is 10.4 Å². The fourth-order valence-corrected chi connectivity index (χ4v) is 3.82. The van der Waals surface area contributed by atoms with Gasteiger partial charge in [-0.2, -0.15) is 0 Å². The number of halogens is 2. The predicted octanol–water partition coefficient (Wildman–Crippen LogP) is 4.32. The van der Waals surface area contributed by atoms with Crippen LogP contribution in [0.3, 0.4) is 0 Å². The molecule has 0 aliphatic heterocycles. The Bertz CT molecular complexity index is 623. The van der Waals surface area contributed by atoms with Gasteiger partial charge in [0.2, 0.25) is 5.91 Å². The molecule has 1 fully saturated rings. The lowest BCUT2D eigenvalue weighted by molar-refractivity contribution is -0.149. The Hall–Kier alpha value is -1.26. The largest absolute Gasteiger partial charge is 0.480 e. The molecule has 1 amide bonds. The molecule has 0 atom stereocenters. The Kier molecular flexibility index (Phi) is 6.16. The van der Waals surface area contributed by atoms with Crippen LogP contribution in [0, 0.1) is 11.8 Å². The summed E-state index contributed by atoms with van der Waals surface area (Å²) in [6.45, 7) is 4.30. The SMILES string of the molecule is CC(C)C1CCC(NC(=O)Cc2ccc(Cl)cc2Cl)(C(=O)O)CC1. The maximum Gasteiger partial charge on any atom is 0.329 e. The lowest BCUT2D eigenvalue weighted by Crippen LogP contribution is -2.57. The minimum absolute atomic E-state index is 0.0403. The van der Waals surface area contributed by atoms with Crippen LogP contribution >= 0.6 is 23.2 Å². The first kappa shape index (κ1) is 19.1. The lowest BCUT2D eigenvalue weighted by atomic mass is 9.72. The molecule has 0 unspecified atom stereocenters. The third kappa shape index (κ3) is 4.42. The quantitative estimate of drug-likeness (QED) is 0.809. The van der Waals surface area contributed by atoms with Crippen molar-refractivity contribution in [2.45, 2.75) is 51.5 Å². The third-order valence-corrected chi connectivity index (χ3v) is 5.57. The lowest BCUT2D eigenvalue weighted by Gasteiger charge is -2.38. The summed E-state index contributed by atoms with van der Waals surface area (Å²) >= 11 is 11.9. The van der Waals surface area contributed by atoms with E-state index in [0.717, 1.165) is 12.8 Å². The molecule has 0 heterocycles. The van der Waals surface area contributed by atoms with Gasteiger partial charge in [-0.1, -0.05) is 43.1 Å². The van der Waals surface area contributed by atoms with Crippen molar-refractivity contribution >= 4 is 35.1 Å². The molecular formula is C18H23Cl2NO3. The number of carboxylic acids is 1. The average Bonchev–Trinajstić information content (AvgIpc) is 2.50. The van der Waals surface area contributed by atoms with Crippen LogP contribution < -0.4 is 5.32 Å². The zero-order chi connectivity index (χ0) is 17.9. The molecule has 0 bridgehead atoms. The van der Waals surface area contributed by atoms with Gasteiger partial charge in [-0.15, -0.1) is 0 Å². The number of rotatable bonds is 5. The van der Waals surface area contributed by atoms with Crippen molar-refractivity contribution in [1.82, 2.24) is 5.32 Å². The van der Waals surface area contributed by atoms with Gasteiger partial charge in [-0.05, 0) is 55.2 Å². The van der Waals surface area contributed by atoms with E-state index >= 15 is 0 Å². The van der Waals surface area contributed by atoms with Crippen molar-refractivity contribution in [3.8, 4) is 0 Å². The van der Waals surface area contributed by atoms with E-state index in [9.17, 15) is 14.7 Å². The maximum absolute atomic E-state index is 12.4. The van der Waals surface area contributed by atoms with Crippen LogP contribution in [0.2, 0.25) is 10.0 Å². The van der Waals surface area contributed by atoms with Gasteiger partial charge in [-0.25, -0.2) is 4.79 Å². The van der Waals surface area contributed by atoms with Crippen LogP contribution in [0.5, 0.6) is 0 Å². The first-order chi connectivity index (χ1) is 11.2. The second-order valence-corrected chi connectivity index (χ2v) is 7.77. The zero-order valence-corrected chi connectivity index (χ0v) is 15.5. The fraction of sp³-hybridized carbons (Fsp3) is 0.556. The van der Waals surface area contributed by atoms with E-state index in [2.05, 4.69) is 19.2 Å². The van der Waals surface area contributed by atoms with Crippen molar-refractivity contribution in [2.75, 3.05) is 0 Å². The molecular weight excluding hydrogens is 349 g/mol. The Morgan fingerprint density at radius 1 is 1.29 bits per heavy atom. The molecule has 1 aliphatic carbocycles. The van der Waals surface area contributed by atoms with Crippen molar-refractivity contribution in [3.63, 3.8) is 0 Å². The molecule has 132 valence electrons. The van der Waals surface area contributed by atoms with Crippen molar-refractivity contribution in [3.05, 3.63) is 33.8 Å². The molecule has 0 radical (unpaired) electrons. The molecule has 4 nitrogen and oxygen atoms in total. The summed E-state index contributed by atoms with van der Waals surface area (Å²) in [5, 5.41) is 13.3. The Labute approximate surface area is 152 Å². The van der Waals surface area contributed by atoms with Crippen LogP contribution in [0.4, 0.5) is 0 Å². The number of carbonyl (C=O) groups is 2. The molecule has 1 aromatic rings. The highest BCUT2D eigenvalue weighted by Crippen LogP contribution is 2.36. The summed E-state index contributed by atoms with van der Waals surface area (Å²) < 4.78 is 0. The second-order valence-electron chi connectivity index (χ2n) is 6.93. The number of hydrogen-bond acceptors (Lipinski definition) is 2. The van der Waals surface area contributed by atoms with Gasteiger partial charge in [0.25, 0.3) is 0 Å². The average molecular weight is 372 g/mol. The number of nitrogens with one attached hydrogen (secondary N) is 1. The standard InChI is InChI=1S/C18H23Cl2NO3/c1-11(2)12-5-7-18(8-6-12,17(23)24)21-16(22)9-13-3-4-14(19)10-15(13)20/h3-4,10-12H,5-9H2,1-2H3,(H,21,22)(H,23,24). The highest BCUT2D eigenvalue weighted by molar-refractivity contribution is 6.35. The highest BCUT2D eigenvalue weighted by Gasteiger charge is 2.43. The number of benzene rings is 1. The molecule has 0 spiro atoms. The van der Waals surface area contributed by atoms with E-state index in [0.29, 0.717) is 40.3 Å². The second kappa shape index (κ2) is 7.75. The summed E-state index contributed by atoms with van der Waals surface area (Å²) in [5.41, 5.74) is -0.531. The minimum Gasteiger partial charge on any atom is -0.480 e. The third-order valence-electron chi connectivity index (χ3n) is 4.98. The van der Waals surface area contributed by atoms with Gasteiger partial charge in [0.05, 0.1) is 6.42 Å².